The van der Waals surface area contributed by atoms with Crippen LogP contribution in [-0.2, 0) is 81.0 Å². The van der Waals surface area contributed by atoms with E-state index >= 15 is 0 Å². The summed E-state index contributed by atoms with van der Waals surface area (Å²) in [6.07, 6.45) is 13.5. The molecule has 21 aliphatic rings. The molecule has 17 heteroatoms. The van der Waals surface area contributed by atoms with E-state index in [2.05, 4.69) is 180 Å². The Morgan fingerprint density at radius 2 is 0.916 bits per heavy atom. The van der Waals surface area contributed by atoms with E-state index in [1.807, 2.05) is 0 Å². The molecule has 0 N–H and O–H groups in total. The van der Waals surface area contributed by atoms with Gasteiger partial charge < -0.3 is 42.6 Å². The van der Waals surface area contributed by atoms with E-state index in [1.165, 1.54) is 32.8 Å². The largest absolute Gasteiger partial charge is 0.469 e. The summed E-state index contributed by atoms with van der Waals surface area (Å²) in [5.74, 6) is 9.73. The quantitative estimate of drug-likeness (QED) is 0.176. The number of hydrogen-bond donors (Lipinski definition) is 0. The smallest absolute Gasteiger partial charge is 0.312 e. The van der Waals surface area contributed by atoms with E-state index in [0.717, 1.165) is 62.7 Å². The van der Waals surface area contributed by atoms with Crippen LogP contribution in [0.15, 0.2) is 0 Å². The lowest BCUT2D eigenvalue weighted by molar-refractivity contribution is -0.155. The zero-order chi connectivity index (χ0) is 78.3. The Labute approximate surface area is 639 Å². The van der Waals surface area contributed by atoms with Gasteiger partial charge in [0.2, 0.25) is 0 Å². The Kier molecular flexibility index (Phi) is 18.0. The van der Waals surface area contributed by atoms with Gasteiger partial charge in [0.15, 0.2) is 0 Å². The predicted molar refractivity (Wildman–Crippen MR) is 399 cm³/mol. The van der Waals surface area contributed by atoms with Crippen molar-refractivity contribution in [2.24, 2.45) is 202 Å². The summed E-state index contributed by atoms with van der Waals surface area (Å²) < 4.78 is 49.7. The minimum Gasteiger partial charge on any atom is -0.469 e. The predicted octanol–water partition coefficient (Wildman–Crippen LogP) is 15.9. The molecule has 0 aromatic heterocycles. The van der Waals surface area contributed by atoms with Crippen LogP contribution < -0.4 is 0 Å². The van der Waals surface area contributed by atoms with Crippen molar-refractivity contribution in [2.75, 3.05) is 7.11 Å². The molecule has 21 rings (SSSR count). The Bertz CT molecular complexity index is 3610. The van der Waals surface area contributed by atoms with Crippen molar-refractivity contribution in [3.8, 4) is 0 Å². The molecular weight excluding hydrogens is 1350 g/mol. The summed E-state index contributed by atoms with van der Waals surface area (Å²) in [6, 6.07) is 0. The summed E-state index contributed by atoms with van der Waals surface area (Å²) in [4.78, 5) is 94.5. The minimum absolute atomic E-state index is 0.0217. The van der Waals surface area contributed by atoms with Gasteiger partial charge >= 0.3 is 47.8 Å². The Balaban J connectivity index is 0.0000000999. The van der Waals surface area contributed by atoms with Crippen molar-refractivity contribution in [3.63, 3.8) is 0 Å². The summed E-state index contributed by atoms with van der Waals surface area (Å²) >= 11 is 0. The molecule has 9 saturated heterocycles. The second-order valence-corrected chi connectivity index (χ2v) is 47.5. The van der Waals surface area contributed by atoms with Crippen molar-refractivity contribution in [1.29, 1.82) is 0 Å². The third kappa shape index (κ3) is 11.6. The maximum absolute atomic E-state index is 12.0. The first-order valence-electron chi connectivity index (χ1n) is 42.3. The van der Waals surface area contributed by atoms with Gasteiger partial charge in [0.25, 0.3) is 0 Å². The molecule has 0 aromatic rings. The molecule has 0 spiro atoms. The highest BCUT2D eigenvalue weighted by Gasteiger charge is 2.76. The van der Waals surface area contributed by atoms with Gasteiger partial charge in [-0.15, -0.1) is 0 Å². The first kappa shape index (κ1) is 78.0. The maximum Gasteiger partial charge on any atom is 0.312 e. The van der Waals surface area contributed by atoms with E-state index in [4.69, 9.17) is 42.6 Å². The second-order valence-electron chi connectivity index (χ2n) is 47.5. The number of methoxy groups -OCH3 is 1. The number of rotatable bonds is 1. The Hall–Kier alpha value is -4.28. The molecule has 107 heavy (non-hydrogen) atoms. The molecule has 9 heterocycles. The van der Waals surface area contributed by atoms with E-state index in [-0.39, 0.29) is 205 Å². The molecule has 36 atom stereocenters. The van der Waals surface area contributed by atoms with Crippen LogP contribution in [0.3, 0.4) is 0 Å². The first-order valence-corrected chi connectivity index (χ1v) is 42.3. The van der Waals surface area contributed by atoms with Crippen molar-refractivity contribution < 1.29 is 81.0 Å². The zero-order valence-corrected chi connectivity index (χ0v) is 70.3. The van der Waals surface area contributed by atoms with Crippen molar-refractivity contribution in [2.45, 2.75) is 305 Å². The third-order valence-electron chi connectivity index (χ3n) is 33.8. The van der Waals surface area contributed by atoms with Crippen LogP contribution >= 0.6 is 0 Å². The fraction of sp³-hybridized carbons (Fsp3) is 0.911. The van der Waals surface area contributed by atoms with Crippen LogP contribution in [0.4, 0.5) is 0 Å². The summed E-state index contributed by atoms with van der Waals surface area (Å²) in [7, 11) is 1.40. The van der Waals surface area contributed by atoms with Crippen molar-refractivity contribution in [3.05, 3.63) is 0 Å². The molecule has 598 valence electrons. The monoisotopic (exact) mass is 1490 g/mol. The maximum atomic E-state index is 12.0. The normalized spacial score (nSPS) is 50.0. The molecular formula is C90H136O17. The number of carbonyl (C=O) groups excluding carboxylic acids is 8. The molecule has 0 aromatic carbocycles. The lowest BCUT2D eigenvalue weighted by Gasteiger charge is -2.43. The number of carbonyl (C=O) groups is 8. The number of ether oxygens (including phenoxy) is 9. The minimum atomic E-state index is -0.282. The topological polar surface area (TPSA) is 220 Å². The fourth-order valence-electron chi connectivity index (χ4n) is 31.8. The van der Waals surface area contributed by atoms with Crippen LogP contribution in [0.2, 0.25) is 0 Å². The average Bonchev–Trinajstić information content (AvgIpc) is 1.54. The molecule has 36 unspecified atom stereocenters. The fourth-order valence-corrected chi connectivity index (χ4v) is 31.8. The molecule has 14 bridgehead atoms. The molecule has 0 amide bonds. The molecule has 9 aliphatic heterocycles. The number of fused-ring (bicyclic) bond motifs is 7. The summed E-state index contributed by atoms with van der Waals surface area (Å²) in [5, 5.41) is 0. The lowest BCUT2D eigenvalue weighted by atomic mass is 9.59. The number of esters is 8. The third-order valence-corrected chi connectivity index (χ3v) is 33.8. The first-order chi connectivity index (χ1) is 49.1. The number of hydrogen-bond acceptors (Lipinski definition) is 17. The van der Waals surface area contributed by atoms with E-state index < -0.39 is 0 Å². The summed E-state index contributed by atoms with van der Waals surface area (Å²) in [6.45, 7) is 58.6. The standard InChI is InChI=1S/C14H20O4.C14H22O2.3C13H20O2.C12H18O2.C11H16O3/c1-14(2,3)10-6-5-7-9(8(6)12(15)17-4)13(16)18-11(7)10;1-13(2,3)10-8-6-7-9(14(8,4)5)11(10)16-12(7)15;1-12(2,3)10-9-7-5-13(10,4)6-8(7)11(14)15-9;1-12(2,3)10-7-5-8-9(6-7)15-11(14)13(8,10)4;1-12(2,3)10-7-5-8-9(6-7)13(10,4)15-11(8)14;1-12(2,3)10-6-4-7-8(5-6)14-11(13)9(7)10;1-11(2,3)7-6-4-5-8(13-6)9(7)14-10(5)12/h6-11H,5H2,1-4H3;7-11H,6H2,1-5H3;3*7-10H,5-6H2,1-4H3;6-10H,4-5H2,1-3H3;5-9H,4H2,1-3H3. The lowest BCUT2D eigenvalue weighted by Crippen LogP contribution is -2.45. The van der Waals surface area contributed by atoms with Crippen molar-refractivity contribution >= 4 is 47.8 Å². The van der Waals surface area contributed by atoms with Gasteiger partial charge in [-0.2, -0.15) is 0 Å². The Morgan fingerprint density at radius 1 is 0.374 bits per heavy atom. The molecule has 21 fully saturated rings. The van der Waals surface area contributed by atoms with Crippen LogP contribution in [0.5, 0.6) is 0 Å². The van der Waals surface area contributed by atoms with E-state index in [1.54, 1.807) is 0 Å². The average molecular weight is 1490 g/mol. The second kappa shape index (κ2) is 24.6. The van der Waals surface area contributed by atoms with Crippen LogP contribution in [0.1, 0.15) is 251 Å². The molecule has 12 aliphatic carbocycles. The highest BCUT2D eigenvalue weighted by atomic mass is 16.6. The highest BCUT2D eigenvalue weighted by molar-refractivity contribution is 5.86. The van der Waals surface area contributed by atoms with Crippen molar-refractivity contribution in [1.82, 2.24) is 0 Å². The van der Waals surface area contributed by atoms with Gasteiger partial charge in [0.1, 0.15) is 48.3 Å². The molecule has 0 radical (unpaired) electrons. The molecule has 17 nitrogen and oxygen atoms in total. The van der Waals surface area contributed by atoms with Gasteiger partial charge in [-0.05, 0) is 175 Å². The van der Waals surface area contributed by atoms with E-state index in [0.29, 0.717) is 81.8 Å². The van der Waals surface area contributed by atoms with Crippen LogP contribution in [0, 0.1) is 202 Å². The van der Waals surface area contributed by atoms with E-state index in [9.17, 15) is 38.4 Å². The van der Waals surface area contributed by atoms with Gasteiger partial charge in [-0.3, -0.25) is 38.4 Å². The SMILES string of the molecule is CC(C)(C)C1C2CC3C(=O)OC1(C)C3C2.CC(C)(C)C1C2CC3C(=O)OC1C3O2.CC(C)(C)C1C2CC3OC(=O)C1(C)C3C2.CC(C)(C)C1C2CC3OC(=O)C1C3C2.CC(C)(C)C1C2OC(=O)C3CC1(C)CC32.CC(C)(C)C1C2OC(=O)C3CC1C(C)(C)C32.COC(=O)C1C2CC3C(OC(=O)C31)C2C(C)(C)C. The highest BCUT2D eigenvalue weighted by Crippen LogP contribution is 2.73. The summed E-state index contributed by atoms with van der Waals surface area (Å²) in [5.41, 5.74) is 1.77. The van der Waals surface area contributed by atoms with Gasteiger partial charge in [0, 0.05) is 65.1 Å². The van der Waals surface area contributed by atoms with Crippen LogP contribution in [0.25, 0.3) is 0 Å². The van der Waals surface area contributed by atoms with Gasteiger partial charge in [-0.25, -0.2) is 0 Å². The van der Waals surface area contributed by atoms with Crippen LogP contribution in [-0.4, -0.2) is 109 Å². The van der Waals surface area contributed by atoms with Gasteiger partial charge in [0.05, 0.1) is 60.1 Å². The zero-order valence-electron chi connectivity index (χ0n) is 70.3. The Morgan fingerprint density at radius 3 is 1.51 bits per heavy atom. The van der Waals surface area contributed by atoms with Gasteiger partial charge in [-0.1, -0.05) is 166 Å². The molecule has 12 saturated carbocycles.